The Morgan fingerprint density at radius 1 is 1.06 bits per heavy atom. The summed E-state index contributed by atoms with van der Waals surface area (Å²) in [4.78, 5) is 12.1. The minimum absolute atomic E-state index is 0.262. The minimum Gasteiger partial charge on any atom is -0.380 e. The molecule has 0 heterocycles. The molecule has 2 aromatic rings. The van der Waals surface area contributed by atoms with Gasteiger partial charge in [-0.25, -0.2) is 0 Å². The molecule has 1 N–H and O–H groups in total. The third-order valence-electron chi connectivity index (χ3n) is 3.03. The number of ketones is 1. The number of rotatable bonds is 3. The van der Waals surface area contributed by atoms with E-state index in [1.165, 1.54) is 0 Å². The molecule has 1 atom stereocenters. The van der Waals surface area contributed by atoms with Crippen LogP contribution in [0, 0.1) is 13.8 Å². The Kier molecular flexibility index (Phi) is 3.58. The topological polar surface area (TPSA) is 37.3 Å². The van der Waals surface area contributed by atoms with E-state index in [4.69, 9.17) is 0 Å². The number of benzene rings is 2. The number of aliphatic hydroxyl groups excluding tert-OH is 1. The Balaban J connectivity index is 2.31. The molecule has 1 unspecified atom stereocenters. The summed E-state index contributed by atoms with van der Waals surface area (Å²) in [5.74, 6) is -0.262. The first-order valence-corrected chi connectivity index (χ1v) is 5.94. The van der Waals surface area contributed by atoms with Gasteiger partial charge in [-0.3, -0.25) is 4.79 Å². The minimum atomic E-state index is -1.09. The Morgan fingerprint density at radius 3 is 2.33 bits per heavy atom. The molecule has 0 aliphatic heterocycles. The van der Waals surface area contributed by atoms with E-state index in [0.29, 0.717) is 11.1 Å². The van der Waals surface area contributed by atoms with Crippen molar-refractivity contribution >= 4 is 5.78 Å². The second-order valence-corrected chi connectivity index (χ2v) is 4.49. The maximum absolute atomic E-state index is 12.1. The van der Waals surface area contributed by atoms with Gasteiger partial charge in [0.1, 0.15) is 6.10 Å². The van der Waals surface area contributed by atoms with Gasteiger partial charge in [-0.1, -0.05) is 54.1 Å². The first kappa shape index (κ1) is 12.5. The number of carbonyl (C=O) groups excluding carboxylic acids is 1. The molecule has 0 aliphatic carbocycles. The average Bonchev–Trinajstić information content (AvgIpc) is 2.38. The molecular weight excluding hydrogens is 224 g/mol. The van der Waals surface area contributed by atoms with E-state index in [2.05, 4.69) is 0 Å². The van der Waals surface area contributed by atoms with Gasteiger partial charge in [0.2, 0.25) is 0 Å². The van der Waals surface area contributed by atoms with Crippen molar-refractivity contribution in [1.82, 2.24) is 0 Å². The van der Waals surface area contributed by atoms with E-state index in [-0.39, 0.29) is 5.78 Å². The van der Waals surface area contributed by atoms with Gasteiger partial charge in [-0.15, -0.1) is 0 Å². The fourth-order valence-electron chi connectivity index (χ4n) is 2.03. The molecule has 0 aromatic heterocycles. The summed E-state index contributed by atoms with van der Waals surface area (Å²) >= 11 is 0. The maximum atomic E-state index is 12.1. The summed E-state index contributed by atoms with van der Waals surface area (Å²) in [7, 11) is 0. The van der Waals surface area contributed by atoms with Crippen molar-refractivity contribution in [3.8, 4) is 0 Å². The molecule has 0 fully saturated rings. The number of Topliss-reactive ketones (excluding diaryl/α,β-unsaturated/α-hetero) is 1. The third kappa shape index (κ3) is 2.49. The molecule has 0 saturated heterocycles. The van der Waals surface area contributed by atoms with Gasteiger partial charge in [0, 0.05) is 5.56 Å². The van der Waals surface area contributed by atoms with Crippen molar-refractivity contribution < 1.29 is 9.90 Å². The Hall–Kier alpha value is -1.93. The second-order valence-electron chi connectivity index (χ2n) is 4.49. The summed E-state index contributed by atoms with van der Waals surface area (Å²) < 4.78 is 0. The molecule has 0 spiro atoms. The fourth-order valence-corrected chi connectivity index (χ4v) is 2.03. The second kappa shape index (κ2) is 5.15. The lowest BCUT2D eigenvalue weighted by Gasteiger charge is -2.13. The molecule has 2 nitrogen and oxygen atoms in total. The molecule has 0 saturated carbocycles. The van der Waals surface area contributed by atoms with Crippen LogP contribution in [-0.2, 0) is 0 Å². The van der Waals surface area contributed by atoms with Gasteiger partial charge < -0.3 is 5.11 Å². The molecule has 0 amide bonds. The highest BCUT2D eigenvalue weighted by molar-refractivity contribution is 5.99. The quantitative estimate of drug-likeness (QED) is 0.836. The van der Waals surface area contributed by atoms with Crippen molar-refractivity contribution in [2.24, 2.45) is 0 Å². The Labute approximate surface area is 107 Å². The molecule has 18 heavy (non-hydrogen) atoms. The highest BCUT2D eigenvalue weighted by Gasteiger charge is 2.20. The number of aryl methyl sites for hydroxylation is 2. The van der Waals surface area contributed by atoms with Crippen LogP contribution in [0.1, 0.15) is 33.2 Å². The fraction of sp³-hybridized carbons (Fsp3) is 0.188. The van der Waals surface area contributed by atoms with Crippen LogP contribution in [-0.4, -0.2) is 10.9 Å². The lowest BCUT2D eigenvalue weighted by atomic mass is 9.95. The van der Waals surface area contributed by atoms with Crippen molar-refractivity contribution in [2.45, 2.75) is 20.0 Å². The van der Waals surface area contributed by atoms with Crippen molar-refractivity contribution in [2.75, 3.05) is 0 Å². The highest BCUT2D eigenvalue weighted by Crippen LogP contribution is 2.22. The van der Waals surface area contributed by atoms with E-state index < -0.39 is 6.10 Å². The molecule has 92 valence electrons. The zero-order chi connectivity index (χ0) is 13.1. The standard InChI is InChI=1S/C16H16O2/c1-11-8-9-14(12(2)10-11)16(18)15(17)13-6-4-3-5-7-13/h3-10,16,18H,1-2H3. The zero-order valence-corrected chi connectivity index (χ0v) is 10.6. The predicted molar refractivity (Wildman–Crippen MR) is 71.6 cm³/mol. The van der Waals surface area contributed by atoms with Crippen LogP contribution < -0.4 is 0 Å². The van der Waals surface area contributed by atoms with Crippen molar-refractivity contribution in [3.63, 3.8) is 0 Å². The third-order valence-corrected chi connectivity index (χ3v) is 3.03. The SMILES string of the molecule is Cc1ccc(C(O)C(=O)c2ccccc2)c(C)c1. The molecule has 0 radical (unpaired) electrons. The molecular formula is C16H16O2. The lowest BCUT2D eigenvalue weighted by molar-refractivity contribution is 0.0746. The average molecular weight is 240 g/mol. The van der Waals surface area contributed by atoms with E-state index in [1.54, 1.807) is 24.3 Å². The zero-order valence-electron chi connectivity index (χ0n) is 10.6. The Morgan fingerprint density at radius 2 is 1.72 bits per heavy atom. The monoisotopic (exact) mass is 240 g/mol. The van der Waals surface area contributed by atoms with Gasteiger partial charge in [0.25, 0.3) is 0 Å². The summed E-state index contributed by atoms with van der Waals surface area (Å²) in [6.45, 7) is 3.89. The predicted octanol–water partition coefficient (Wildman–Crippen LogP) is 3.22. The Bertz CT molecular complexity index is 559. The van der Waals surface area contributed by atoms with Crippen LogP contribution >= 0.6 is 0 Å². The van der Waals surface area contributed by atoms with E-state index >= 15 is 0 Å². The van der Waals surface area contributed by atoms with Crippen LogP contribution in [0.15, 0.2) is 48.5 Å². The normalized spacial score (nSPS) is 12.2. The first-order chi connectivity index (χ1) is 8.59. The van der Waals surface area contributed by atoms with Crippen LogP contribution in [0.4, 0.5) is 0 Å². The van der Waals surface area contributed by atoms with Crippen molar-refractivity contribution in [3.05, 3.63) is 70.8 Å². The molecule has 2 heteroatoms. The van der Waals surface area contributed by atoms with Crippen LogP contribution in [0.3, 0.4) is 0 Å². The summed E-state index contributed by atoms with van der Waals surface area (Å²) in [6.07, 6.45) is -1.09. The smallest absolute Gasteiger partial charge is 0.195 e. The molecule has 0 bridgehead atoms. The highest BCUT2D eigenvalue weighted by atomic mass is 16.3. The maximum Gasteiger partial charge on any atom is 0.195 e. The van der Waals surface area contributed by atoms with E-state index in [1.807, 2.05) is 38.1 Å². The van der Waals surface area contributed by atoms with E-state index in [9.17, 15) is 9.90 Å². The number of aliphatic hydroxyl groups is 1. The van der Waals surface area contributed by atoms with Crippen LogP contribution in [0.2, 0.25) is 0 Å². The van der Waals surface area contributed by atoms with Crippen molar-refractivity contribution in [1.29, 1.82) is 0 Å². The van der Waals surface area contributed by atoms with Gasteiger partial charge in [-0.2, -0.15) is 0 Å². The lowest BCUT2D eigenvalue weighted by Crippen LogP contribution is -2.13. The van der Waals surface area contributed by atoms with Gasteiger partial charge >= 0.3 is 0 Å². The van der Waals surface area contributed by atoms with Gasteiger partial charge in [0.15, 0.2) is 5.78 Å². The number of carbonyl (C=O) groups is 1. The largest absolute Gasteiger partial charge is 0.380 e. The molecule has 2 aromatic carbocycles. The molecule has 0 aliphatic rings. The van der Waals surface area contributed by atoms with E-state index in [0.717, 1.165) is 11.1 Å². The number of hydrogen-bond donors (Lipinski definition) is 1. The number of hydrogen-bond acceptors (Lipinski definition) is 2. The van der Waals surface area contributed by atoms with Gasteiger partial charge in [0.05, 0.1) is 0 Å². The summed E-state index contributed by atoms with van der Waals surface area (Å²) in [5.41, 5.74) is 3.27. The molecule has 2 rings (SSSR count). The summed E-state index contributed by atoms with van der Waals surface area (Å²) in [5, 5.41) is 10.2. The van der Waals surface area contributed by atoms with Crippen LogP contribution in [0.5, 0.6) is 0 Å². The summed E-state index contributed by atoms with van der Waals surface area (Å²) in [6, 6.07) is 14.6. The van der Waals surface area contributed by atoms with Gasteiger partial charge in [-0.05, 0) is 25.0 Å². The first-order valence-electron chi connectivity index (χ1n) is 5.94. The van der Waals surface area contributed by atoms with Crippen LogP contribution in [0.25, 0.3) is 0 Å².